The molecule has 2 aliphatic rings. The van der Waals surface area contributed by atoms with E-state index in [2.05, 4.69) is 38.5 Å². The molecule has 4 rings (SSSR count). The summed E-state index contributed by atoms with van der Waals surface area (Å²) in [6.07, 6.45) is 3.24. The standard InChI is InChI=1S/C26H36N4O5S/c1-36(33,34)29-23-9-4-10-24(26(23)20-8-5-12-27-14-20)35-18-25(32)28-15-22(31)17-30-13-11-19-6-2-3-7-21(19)16-30/h2-4,6-7,9-10,20,22,27,29,31H,5,8,11-18H2,1H3,(H,28,32)/t20?,22-/m1/s1. The second-order valence-electron chi connectivity index (χ2n) is 9.64. The van der Waals surface area contributed by atoms with Gasteiger partial charge in [-0.1, -0.05) is 30.3 Å². The van der Waals surface area contributed by atoms with Crippen molar-refractivity contribution in [3.63, 3.8) is 0 Å². The van der Waals surface area contributed by atoms with Crippen LogP contribution in [0.1, 0.15) is 35.4 Å². The lowest BCUT2D eigenvalue weighted by Crippen LogP contribution is -2.43. The molecular weight excluding hydrogens is 480 g/mol. The van der Waals surface area contributed by atoms with E-state index in [4.69, 9.17) is 4.74 Å². The maximum atomic E-state index is 12.5. The number of aliphatic hydroxyl groups excluding tert-OH is 1. The van der Waals surface area contributed by atoms with Crippen LogP contribution in [0.2, 0.25) is 0 Å². The number of hydrogen-bond donors (Lipinski definition) is 4. The fourth-order valence-electron chi connectivity index (χ4n) is 4.98. The minimum absolute atomic E-state index is 0.0683. The zero-order valence-corrected chi connectivity index (χ0v) is 21.5. The molecule has 1 unspecified atom stereocenters. The van der Waals surface area contributed by atoms with Crippen LogP contribution in [0, 0.1) is 0 Å². The monoisotopic (exact) mass is 516 g/mol. The molecule has 2 aromatic carbocycles. The average molecular weight is 517 g/mol. The number of sulfonamides is 1. The van der Waals surface area contributed by atoms with Crippen molar-refractivity contribution in [2.24, 2.45) is 0 Å². The third kappa shape index (κ3) is 7.42. The molecule has 0 radical (unpaired) electrons. The van der Waals surface area contributed by atoms with Gasteiger partial charge in [0.15, 0.2) is 6.61 Å². The maximum absolute atomic E-state index is 12.5. The fourth-order valence-corrected chi connectivity index (χ4v) is 5.55. The van der Waals surface area contributed by atoms with Gasteiger partial charge in [-0.2, -0.15) is 0 Å². The second-order valence-corrected chi connectivity index (χ2v) is 11.4. The average Bonchev–Trinajstić information content (AvgIpc) is 2.86. The SMILES string of the molecule is CS(=O)(=O)Nc1cccc(OCC(=O)NC[C@@H](O)CN2CCc3ccccc3C2)c1C1CCCNC1. The van der Waals surface area contributed by atoms with Crippen LogP contribution >= 0.6 is 0 Å². The highest BCUT2D eigenvalue weighted by atomic mass is 32.2. The number of nitrogens with one attached hydrogen (secondary N) is 3. The lowest BCUT2D eigenvalue weighted by atomic mass is 9.90. The number of rotatable bonds is 10. The Balaban J connectivity index is 1.31. The molecule has 1 amide bonds. The third-order valence-corrected chi connectivity index (χ3v) is 7.23. The van der Waals surface area contributed by atoms with Crippen LogP contribution in [0.3, 0.4) is 0 Å². The van der Waals surface area contributed by atoms with Gasteiger partial charge in [0.2, 0.25) is 10.0 Å². The summed E-state index contributed by atoms with van der Waals surface area (Å²) >= 11 is 0. The van der Waals surface area contributed by atoms with Gasteiger partial charge >= 0.3 is 0 Å². The highest BCUT2D eigenvalue weighted by Gasteiger charge is 2.24. The molecule has 0 aliphatic carbocycles. The highest BCUT2D eigenvalue weighted by molar-refractivity contribution is 7.92. The molecule has 0 spiro atoms. The summed E-state index contributed by atoms with van der Waals surface area (Å²) in [4.78, 5) is 14.7. The van der Waals surface area contributed by atoms with E-state index >= 15 is 0 Å². The molecule has 36 heavy (non-hydrogen) atoms. The lowest BCUT2D eigenvalue weighted by Gasteiger charge is -2.30. The van der Waals surface area contributed by atoms with E-state index in [0.717, 1.165) is 50.7 Å². The molecular formula is C26H36N4O5S. The summed E-state index contributed by atoms with van der Waals surface area (Å²) in [5.74, 6) is 0.214. The molecule has 9 nitrogen and oxygen atoms in total. The first kappa shape index (κ1) is 26.4. The summed E-state index contributed by atoms with van der Waals surface area (Å²) < 4.78 is 32.3. The van der Waals surface area contributed by atoms with Gasteiger partial charge in [-0.3, -0.25) is 14.4 Å². The van der Waals surface area contributed by atoms with E-state index in [9.17, 15) is 18.3 Å². The Morgan fingerprint density at radius 2 is 2.03 bits per heavy atom. The number of anilines is 1. The van der Waals surface area contributed by atoms with E-state index in [-0.39, 0.29) is 25.0 Å². The van der Waals surface area contributed by atoms with Gasteiger partial charge < -0.3 is 20.5 Å². The number of fused-ring (bicyclic) bond motifs is 1. The number of hydrogen-bond acceptors (Lipinski definition) is 7. The molecule has 2 aliphatic heterocycles. The number of carbonyl (C=O) groups is 1. The summed E-state index contributed by atoms with van der Waals surface area (Å²) in [6.45, 7) is 3.69. The number of ether oxygens (including phenoxy) is 1. The molecule has 1 fully saturated rings. The van der Waals surface area contributed by atoms with Crippen molar-refractivity contribution >= 4 is 21.6 Å². The predicted molar refractivity (Wildman–Crippen MR) is 140 cm³/mol. The van der Waals surface area contributed by atoms with Crippen LogP contribution in [0.4, 0.5) is 5.69 Å². The quantitative estimate of drug-likeness (QED) is 0.377. The van der Waals surface area contributed by atoms with E-state index in [0.29, 0.717) is 24.5 Å². The van der Waals surface area contributed by atoms with Crippen LogP contribution in [-0.4, -0.2) is 76.0 Å². The maximum Gasteiger partial charge on any atom is 0.258 e. The number of piperidine rings is 1. The minimum atomic E-state index is -3.47. The number of amides is 1. The number of carbonyl (C=O) groups excluding carboxylic acids is 1. The molecule has 196 valence electrons. The molecule has 2 aromatic rings. The molecule has 0 saturated carbocycles. The number of β-amino-alcohol motifs (C(OH)–C–C–N with tert-alkyl or cyclic N) is 1. The summed E-state index contributed by atoms with van der Waals surface area (Å²) in [5.41, 5.74) is 3.87. The first-order chi connectivity index (χ1) is 17.3. The summed E-state index contributed by atoms with van der Waals surface area (Å²) in [7, 11) is -3.47. The van der Waals surface area contributed by atoms with Crippen LogP contribution < -0.4 is 20.1 Å². The Labute approximate surface area is 213 Å². The van der Waals surface area contributed by atoms with Crippen molar-refractivity contribution in [1.29, 1.82) is 0 Å². The van der Waals surface area contributed by atoms with E-state index < -0.39 is 16.1 Å². The lowest BCUT2D eigenvalue weighted by molar-refractivity contribution is -0.123. The smallest absolute Gasteiger partial charge is 0.258 e. The molecule has 2 heterocycles. The van der Waals surface area contributed by atoms with Gasteiger partial charge in [-0.25, -0.2) is 8.42 Å². The van der Waals surface area contributed by atoms with E-state index in [1.807, 2.05) is 6.07 Å². The van der Waals surface area contributed by atoms with Gasteiger partial charge in [-0.05, 0) is 49.1 Å². The predicted octanol–water partition coefficient (Wildman–Crippen LogP) is 1.44. The van der Waals surface area contributed by atoms with E-state index in [1.54, 1.807) is 18.2 Å². The number of benzene rings is 2. The zero-order valence-electron chi connectivity index (χ0n) is 20.7. The van der Waals surface area contributed by atoms with E-state index in [1.165, 1.54) is 11.1 Å². The first-order valence-electron chi connectivity index (χ1n) is 12.5. The van der Waals surface area contributed by atoms with Crippen molar-refractivity contribution in [2.45, 2.75) is 37.8 Å². The third-order valence-electron chi connectivity index (χ3n) is 6.64. The second kappa shape index (κ2) is 12.1. The fraction of sp³-hybridized carbons (Fsp3) is 0.500. The van der Waals surface area contributed by atoms with Crippen LogP contribution in [0.25, 0.3) is 0 Å². The summed E-state index contributed by atoms with van der Waals surface area (Å²) in [5, 5.41) is 16.6. The van der Waals surface area contributed by atoms with Crippen LogP contribution in [-0.2, 0) is 27.8 Å². The zero-order chi connectivity index (χ0) is 25.5. The molecule has 0 bridgehead atoms. The Bertz CT molecular complexity index is 1150. The Morgan fingerprint density at radius 1 is 1.22 bits per heavy atom. The molecule has 1 saturated heterocycles. The topological polar surface area (TPSA) is 120 Å². The van der Waals surface area contributed by atoms with Crippen molar-refractivity contribution in [3.05, 3.63) is 59.2 Å². The van der Waals surface area contributed by atoms with Gasteiger partial charge in [-0.15, -0.1) is 0 Å². The van der Waals surface area contributed by atoms with Crippen molar-refractivity contribution < 1.29 is 23.1 Å². The van der Waals surface area contributed by atoms with Gasteiger partial charge in [0.1, 0.15) is 5.75 Å². The highest BCUT2D eigenvalue weighted by Crippen LogP contribution is 2.37. The Hall–Kier alpha value is -2.66. The molecule has 0 aromatic heterocycles. The van der Waals surface area contributed by atoms with Crippen LogP contribution in [0.15, 0.2) is 42.5 Å². The number of nitrogens with zero attached hydrogens (tertiary/aromatic N) is 1. The molecule has 10 heteroatoms. The molecule has 2 atom stereocenters. The van der Waals surface area contributed by atoms with Gasteiger partial charge in [0.25, 0.3) is 5.91 Å². The molecule has 4 N–H and O–H groups in total. The van der Waals surface area contributed by atoms with Crippen molar-refractivity contribution in [1.82, 2.24) is 15.5 Å². The minimum Gasteiger partial charge on any atom is -0.483 e. The normalized spacial score (nSPS) is 19.2. The van der Waals surface area contributed by atoms with Gasteiger partial charge in [0.05, 0.1) is 18.0 Å². The van der Waals surface area contributed by atoms with Gasteiger partial charge in [0, 0.05) is 44.2 Å². The van der Waals surface area contributed by atoms with Crippen LogP contribution in [0.5, 0.6) is 5.75 Å². The number of aliphatic hydroxyl groups is 1. The largest absolute Gasteiger partial charge is 0.483 e. The summed E-state index contributed by atoms with van der Waals surface area (Å²) in [6, 6.07) is 13.5. The Morgan fingerprint density at radius 3 is 2.78 bits per heavy atom. The first-order valence-corrected chi connectivity index (χ1v) is 14.4. The van der Waals surface area contributed by atoms with Crippen molar-refractivity contribution in [3.8, 4) is 5.75 Å². The van der Waals surface area contributed by atoms with Crippen molar-refractivity contribution in [2.75, 3.05) is 50.3 Å². The Kier molecular flexibility index (Phi) is 8.84.